The molecule has 162 valence electrons. The molecule has 1 N–H and O–H groups in total. The molecule has 0 aliphatic heterocycles. The number of ether oxygens (including phenoxy) is 1. The fraction of sp³-hybridized carbons (Fsp3) is 0.318. The second-order valence-corrected chi connectivity index (χ2v) is 7.07. The second-order valence-electron chi connectivity index (χ2n) is 7.07. The first-order valence-corrected chi connectivity index (χ1v) is 9.93. The van der Waals surface area contributed by atoms with E-state index in [1.165, 1.54) is 13.1 Å². The number of carbonyl (C=O) groups is 2. The van der Waals surface area contributed by atoms with Gasteiger partial charge in [0, 0.05) is 18.4 Å². The van der Waals surface area contributed by atoms with Gasteiger partial charge in [-0.15, -0.1) is 0 Å². The zero-order valence-electron chi connectivity index (χ0n) is 17.9. The summed E-state index contributed by atoms with van der Waals surface area (Å²) in [6.07, 6.45) is 0.803. The summed E-state index contributed by atoms with van der Waals surface area (Å²) in [6, 6.07) is 8.74. The molecule has 1 aromatic carbocycles. The SMILES string of the molecule is CCOC(=O)c1cc(C)nc2c1c(=O)n(CC(=O)Nc1cccc(CC)c1)c(=O)n2C. The molecule has 9 heteroatoms. The first-order valence-electron chi connectivity index (χ1n) is 9.93. The highest BCUT2D eigenvalue weighted by molar-refractivity contribution is 6.02. The number of nitrogens with one attached hydrogen (secondary N) is 1. The highest BCUT2D eigenvalue weighted by Gasteiger charge is 2.22. The van der Waals surface area contributed by atoms with E-state index in [9.17, 15) is 19.2 Å². The lowest BCUT2D eigenvalue weighted by Gasteiger charge is -2.13. The van der Waals surface area contributed by atoms with Crippen molar-refractivity contribution in [1.29, 1.82) is 0 Å². The molecular weight excluding hydrogens is 400 g/mol. The number of amides is 1. The van der Waals surface area contributed by atoms with Crippen molar-refractivity contribution in [3.63, 3.8) is 0 Å². The van der Waals surface area contributed by atoms with Gasteiger partial charge in [-0.25, -0.2) is 14.6 Å². The molecular formula is C22H24N4O5. The molecule has 31 heavy (non-hydrogen) atoms. The Morgan fingerprint density at radius 2 is 1.90 bits per heavy atom. The quantitative estimate of drug-likeness (QED) is 0.604. The minimum absolute atomic E-state index is 0.00903. The summed E-state index contributed by atoms with van der Waals surface area (Å²) >= 11 is 0. The number of hydrogen-bond donors (Lipinski definition) is 1. The maximum Gasteiger partial charge on any atom is 0.339 e. The Hall–Kier alpha value is -3.75. The highest BCUT2D eigenvalue weighted by Crippen LogP contribution is 2.15. The van der Waals surface area contributed by atoms with Crippen LogP contribution >= 0.6 is 0 Å². The predicted octanol–water partition coefficient (Wildman–Crippen LogP) is 1.78. The number of anilines is 1. The van der Waals surface area contributed by atoms with Crippen molar-refractivity contribution < 1.29 is 14.3 Å². The van der Waals surface area contributed by atoms with Gasteiger partial charge in [0.1, 0.15) is 12.2 Å². The van der Waals surface area contributed by atoms with Gasteiger partial charge in [0.2, 0.25) is 5.91 Å². The third-order valence-corrected chi connectivity index (χ3v) is 4.84. The molecule has 3 aromatic rings. The van der Waals surface area contributed by atoms with Crippen LogP contribution in [-0.4, -0.2) is 32.6 Å². The number of hydrogen-bond acceptors (Lipinski definition) is 6. The molecule has 0 saturated heterocycles. The molecule has 0 bridgehead atoms. The molecule has 2 aromatic heterocycles. The molecule has 0 saturated carbocycles. The van der Waals surface area contributed by atoms with Crippen molar-refractivity contribution in [2.75, 3.05) is 11.9 Å². The molecule has 0 radical (unpaired) electrons. The number of rotatable bonds is 6. The van der Waals surface area contributed by atoms with E-state index in [2.05, 4.69) is 10.3 Å². The highest BCUT2D eigenvalue weighted by atomic mass is 16.5. The van der Waals surface area contributed by atoms with Crippen LogP contribution in [0.5, 0.6) is 0 Å². The summed E-state index contributed by atoms with van der Waals surface area (Å²) in [5.74, 6) is -1.23. The van der Waals surface area contributed by atoms with Crippen LogP contribution in [0.2, 0.25) is 0 Å². The van der Waals surface area contributed by atoms with Crippen LogP contribution in [-0.2, 0) is 29.5 Å². The number of aromatic nitrogens is 3. The molecule has 0 atom stereocenters. The number of carbonyl (C=O) groups excluding carboxylic acids is 2. The fourth-order valence-corrected chi connectivity index (χ4v) is 3.33. The summed E-state index contributed by atoms with van der Waals surface area (Å²) in [6.45, 7) is 4.92. The van der Waals surface area contributed by atoms with Gasteiger partial charge in [0.05, 0.1) is 17.6 Å². The number of pyridine rings is 1. The van der Waals surface area contributed by atoms with Gasteiger partial charge in [0.25, 0.3) is 5.56 Å². The van der Waals surface area contributed by atoms with Gasteiger partial charge in [-0.3, -0.25) is 18.7 Å². The van der Waals surface area contributed by atoms with E-state index in [-0.39, 0.29) is 23.2 Å². The summed E-state index contributed by atoms with van der Waals surface area (Å²) in [5, 5.41) is 2.64. The summed E-state index contributed by atoms with van der Waals surface area (Å²) in [7, 11) is 1.44. The standard InChI is InChI=1S/C22H24N4O5/c1-5-14-8-7-9-15(11-14)24-17(27)12-26-20(28)18-16(21(29)31-6-2)10-13(3)23-19(18)25(4)22(26)30/h7-11H,5-6,12H2,1-4H3,(H,24,27). The lowest BCUT2D eigenvalue weighted by atomic mass is 10.1. The number of benzene rings is 1. The normalized spacial score (nSPS) is 10.8. The van der Waals surface area contributed by atoms with Gasteiger partial charge in [-0.05, 0) is 44.0 Å². The number of nitrogens with zero attached hydrogens (tertiary/aromatic N) is 3. The van der Waals surface area contributed by atoms with Crippen molar-refractivity contribution in [3.05, 3.63) is 68.0 Å². The van der Waals surface area contributed by atoms with Crippen LogP contribution in [0.3, 0.4) is 0 Å². The molecule has 3 rings (SSSR count). The number of fused-ring (bicyclic) bond motifs is 1. The van der Waals surface area contributed by atoms with E-state index in [1.807, 2.05) is 25.1 Å². The molecule has 0 fully saturated rings. The molecule has 0 aliphatic carbocycles. The number of esters is 1. The van der Waals surface area contributed by atoms with Gasteiger partial charge in [-0.1, -0.05) is 19.1 Å². The Balaban J connectivity index is 2.08. The van der Waals surface area contributed by atoms with Crippen LogP contribution in [0.4, 0.5) is 5.69 Å². The van der Waals surface area contributed by atoms with Crippen LogP contribution in [0.1, 0.15) is 35.5 Å². The van der Waals surface area contributed by atoms with Crippen LogP contribution in [0, 0.1) is 6.92 Å². The molecule has 1 amide bonds. The van der Waals surface area contributed by atoms with E-state index >= 15 is 0 Å². The average Bonchev–Trinajstić information content (AvgIpc) is 2.74. The monoisotopic (exact) mass is 424 g/mol. The molecule has 0 aliphatic rings. The molecule has 2 heterocycles. The minimum Gasteiger partial charge on any atom is -0.462 e. The maximum absolute atomic E-state index is 13.2. The Morgan fingerprint density at radius 1 is 1.16 bits per heavy atom. The van der Waals surface area contributed by atoms with Gasteiger partial charge >= 0.3 is 11.7 Å². The van der Waals surface area contributed by atoms with E-state index in [4.69, 9.17) is 4.74 Å². The van der Waals surface area contributed by atoms with Crippen molar-refractivity contribution in [2.45, 2.75) is 33.7 Å². The van der Waals surface area contributed by atoms with Crippen molar-refractivity contribution in [2.24, 2.45) is 7.05 Å². The predicted molar refractivity (Wildman–Crippen MR) is 116 cm³/mol. The zero-order valence-corrected chi connectivity index (χ0v) is 17.9. The maximum atomic E-state index is 13.2. The fourth-order valence-electron chi connectivity index (χ4n) is 3.33. The van der Waals surface area contributed by atoms with Gasteiger partial charge in [-0.2, -0.15) is 0 Å². The van der Waals surface area contributed by atoms with E-state index in [0.717, 1.165) is 21.1 Å². The van der Waals surface area contributed by atoms with E-state index in [1.54, 1.807) is 19.9 Å². The molecule has 9 nitrogen and oxygen atoms in total. The van der Waals surface area contributed by atoms with E-state index < -0.39 is 29.7 Å². The van der Waals surface area contributed by atoms with Crippen LogP contribution in [0.15, 0.2) is 39.9 Å². The van der Waals surface area contributed by atoms with Gasteiger partial charge in [0.15, 0.2) is 0 Å². The van der Waals surface area contributed by atoms with Crippen molar-refractivity contribution in [1.82, 2.24) is 14.1 Å². The molecule has 0 spiro atoms. The smallest absolute Gasteiger partial charge is 0.339 e. The van der Waals surface area contributed by atoms with Crippen LogP contribution in [0.25, 0.3) is 11.0 Å². The van der Waals surface area contributed by atoms with Crippen LogP contribution < -0.4 is 16.6 Å². The minimum atomic E-state index is -0.772. The van der Waals surface area contributed by atoms with E-state index in [0.29, 0.717) is 11.4 Å². The largest absolute Gasteiger partial charge is 0.462 e. The third kappa shape index (κ3) is 4.40. The first-order chi connectivity index (χ1) is 14.8. The Kier molecular flexibility index (Phi) is 6.33. The Morgan fingerprint density at radius 3 is 2.58 bits per heavy atom. The van der Waals surface area contributed by atoms with Crippen molar-refractivity contribution in [3.8, 4) is 0 Å². The average molecular weight is 424 g/mol. The summed E-state index contributed by atoms with van der Waals surface area (Å²) < 4.78 is 7.00. The zero-order chi connectivity index (χ0) is 22.7. The lowest BCUT2D eigenvalue weighted by molar-refractivity contribution is -0.116. The van der Waals surface area contributed by atoms with Crippen molar-refractivity contribution >= 4 is 28.6 Å². The number of aryl methyl sites for hydroxylation is 3. The van der Waals surface area contributed by atoms with Gasteiger partial charge < -0.3 is 10.1 Å². The topological polar surface area (TPSA) is 112 Å². The lowest BCUT2D eigenvalue weighted by Crippen LogP contribution is -2.42. The Bertz CT molecular complexity index is 1290. The summed E-state index contributed by atoms with van der Waals surface area (Å²) in [4.78, 5) is 55.2. The third-order valence-electron chi connectivity index (χ3n) is 4.84. The first kappa shape index (κ1) is 21.9. The summed E-state index contributed by atoms with van der Waals surface area (Å²) in [5.41, 5.74) is 0.655. The Labute approximate surface area is 178 Å². The molecule has 0 unspecified atom stereocenters. The second kappa shape index (κ2) is 8.95.